The largest absolute Gasteiger partial charge is 0.314 e. The maximum absolute atomic E-state index is 11.3. The Kier molecular flexibility index (Phi) is 3.75. The molecule has 0 spiro atoms. The summed E-state index contributed by atoms with van der Waals surface area (Å²) in [6.07, 6.45) is 5.58. The molecule has 1 aromatic rings. The first-order chi connectivity index (χ1) is 8.83. The molecule has 18 heavy (non-hydrogen) atoms. The summed E-state index contributed by atoms with van der Waals surface area (Å²) in [5.74, 6) is 3.89. The maximum atomic E-state index is 11.3. The predicted octanol–water partition coefficient (Wildman–Crippen LogP) is 0.615. The van der Waals surface area contributed by atoms with E-state index < -0.39 is 10.8 Å². The molecule has 0 atom stereocenters. The van der Waals surface area contributed by atoms with Crippen LogP contribution in [0.2, 0.25) is 0 Å². The Morgan fingerprint density at radius 3 is 2.94 bits per heavy atom. The molecule has 3 rings (SSSR count). The molecule has 3 heterocycles. The van der Waals surface area contributed by atoms with E-state index in [0.29, 0.717) is 6.04 Å². The van der Waals surface area contributed by atoms with Crippen molar-refractivity contribution in [2.45, 2.75) is 51.2 Å². The molecule has 2 aliphatic rings. The first-order valence-corrected chi connectivity index (χ1v) is 8.31. The van der Waals surface area contributed by atoms with Crippen molar-refractivity contribution in [1.29, 1.82) is 0 Å². The Morgan fingerprint density at radius 1 is 1.28 bits per heavy atom. The number of hydrogen-bond donors (Lipinski definition) is 1. The van der Waals surface area contributed by atoms with Gasteiger partial charge in [0.1, 0.15) is 11.6 Å². The molecule has 5 nitrogen and oxygen atoms in total. The lowest BCUT2D eigenvalue weighted by Crippen LogP contribution is -2.36. The van der Waals surface area contributed by atoms with E-state index >= 15 is 0 Å². The van der Waals surface area contributed by atoms with Crippen LogP contribution < -0.4 is 5.32 Å². The predicted molar refractivity (Wildman–Crippen MR) is 70.7 cm³/mol. The standard InChI is InChI=1S/C12H20N4OS/c17-18-7-4-10(5-8-18)13-9-12-15-14-11-3-1-2-6-16(11)12/h10,13H,1-9H2. The molecule has 0 radical (unpaired) electrons. The molecule has 1 aromatic heterocycles. The van der Waals surface area contributed by atoms with E-state index in [1.54, 1.807) is 0 Å². The van der Waals surface area contributed by atoms with Gasteiger partial charge in [-0.15, -0.1) is 10.2 Å². The minimum Gasteiger partial charge on any atom is -0.314 e. The lowest BCUT2D eigenvalue weighted by atomic mass is 10.1. The Hall–Kier alpha value is -0.750. The number of fused-ring (bicyclic) bond motifs is 1. The van der Waals surface area contributed by atoms with E-state index in [1.165, 1.54) is 12.8 Å². The molecule has 100 valence electrons. The van der Waals surface area contributed by atoms with Gasteiger partial charge in [0.25, 0.3) is 0 Å². The zero-order valence-corrected chi connectivity index (χ0v) is 11.4. The van der Waals surface area contributed by atoms with Crippen LogP contribution in [0.25, 0.3) is 0 Å². The number of aryl methyl sites for hydroxylation is 1. The van der Waals surface area contributed by atoms with Gasteiger partial charge in [-0.2, -0.15) is 0 Å². The highest BCUT2D eigenvalue weighted by atomic mass is 32.2. The van der Waals surface area contributed by atoms with Crippen LogP contribution in [-0.4, -0.2) is 36.5 Å². The second-order valence-corrected chi connectivity index (χ2v) is 6.84. The van der Waals surface area contributed by atoms with Crippen molar-refractivity contribution in [2.24, 2.45) is 0 Å². The first kappa shape index (κ1) is 12.3. The van der Waals surface area contributed by atoms with Crippen LogP contribution in [0.1, 0.15) is 37.3 Å². The van der Waals surface area contributed by atoms with Crippen molar-refractivity contribution >= 4 is 10.8 Å². The Balaban J connectivity index is 1.57. The second-order valence-electron chi connectivity index (χ2n) is 5.14. The van der Waals surface area contributed by atoms with Crippen LogP contribution in [0, 0.1) is 0 Å². The fraction of sp³-hybridized carbons (Fsp3) is 0.833. The maximum Gasteiger partial charge on any atom is 0.147 e. The molecule has 1 fully saturated rings. The van der Waals surface area contributed by atoms with Gasteiger partial charge in [0.2, 0.25) is 0 Å². The molecular formula is C12H20N4OS. The molecule has 0 amide bonds. The average molecular weight is 268 g/mol. The Bertz CT molecular complexity index is 435. The summed E-state index contributed by atoms with van der Waals surface area (Å²) < 4.78 is 13.6. The lowest BCUT2D eigenvalue weighted by Gasteiger charge is -2.23. The fourth-order valence-electron chi connectivity index (χ4n) is 2.73. The topological polar surface area (TPSA) is 59.8 Å². The normalized spacial score (nSPS) is 28.0. The summed E-state index contributed by atoms with van der Waals surface area (Å²) in [5, 5.41) is 12.1. The summed E-state index contributed by atoms with van der Waals surface area (Å²) in [4.78, 5) is 0. The number of aromatic nitrogens is 3. The molecule has 0 bridgehead atoms. The van der Waals surface area contributed by atoms with E-state index in [4.69, 9.17) is 0 Å². The molecule has 0 saturated carbocycles. The van der Waals surface area contributed by atoms with E-state index in [0.717, 1.165) is 55.5 Å². The van der Waals surface area contributed by atoms with Gasteiger partial charge >= 0.3 is 0 Å². The Morgan fingerprint density at radius 2 is 2.11 bits per heavy atom. The van der Waals surface area contributed by atoms with E-state index in [1.807, 2.05) is 0 Å². The summed E-state index contributed by atoms with van der Waals surface area (Å²) in [6, 6.07) is 0.499. The quantitative estimate of drug-likeness (QED) is 0.873. The van der Waals surface area contributed by atoms with Crippen LogP contribution in [0.3, 0.4) is 0 Å². The van der Waals surface area contributed by atoms with Crippen molar-refractivity contribution < 1.29 is 4.21 Å². The van der Waals surface area contributed by atoms with Gasteiger partial charge in [0.15, 0.2) is 0 Å². The minimum atomic E-state index is -0.576. The first-order valence-electron chi connectivity index (χ1n) is 6.82. The van der Waals surface area contributed by atoms with Crippen molar-refractivity contribution in [3.8, 4) is 0 Å². The summed E-state index contributed by atoms with van der Waals surface area (Å²) in [6.45, 7) is 1.86. The zero-order chi connectivity index (χ0) is 12.4. The molecule has 1 N–H and O–H groups in total. The second kappa shape index (κ2) is 5.48. The number of nitrogens with zero attached hydrogens (tertiary/aromatic N) is 3. The van der Waals surface area contributed by atoms with Gasteiger partial charge in [-0.3, -0.25) is 4.21 Å². The molecule has 0 unspecified atom stereocenters. The SMILES string of the molecule is O=S1CCC(NCc2nnc3n2CCCC3)CC1. The number of rotatable bonds is 3. The van der Waals surface area contributed by atoms with Gasteiger partial charge < -0.3 is 9.88 Å². The van der Waals surface area contributed by atoms with Gasteiger partial charge in [-0.05, 0) is 25.7 Å². The highest BCUT2D eigenvalue weighted by molar-refractivity contribution is 7.85. The van der Waals surface area contributed by atoms with E-state index in [2.05, 4.69) is 20.1 Å². The smallest absolute Gasteiger partial charge is 0.147 e. The van der Waals surface area contributed by atoms with E-state index in [-0.39, 0.29) is 0 Å². The van der Waals surface area contributed by atoms with Crippen molar-refractivity contribution in [3.05, 3.63) is 11.6 Å². The summed E-state index contributed by atoms with van der Waals surface area (Å²) >= 11 is 0. The monoisotopic (exact) mass is 268 g/mol. The molecule has 0 aromatic carbocycles. The van der Waals surface area contributed by atoms with Crippen LogP contribution in [0.15, 0.2) is 0 Å². The van der Waals surface area contributed by atoms with Crippen molar-refractivity contribution in [2.75, 3.05) is 11.5 Å². The average Bonchev–Trinajstić information content (AvgIpc) is 2.82. The van der Waals surface area contributed by atoms with Crippen LogP contribution in [0.5, 0.6) is 0 Å². The van der Waals surface area contributed by atoms with E-state index in [9.17, 15) is 4.21 Å². The molecule has 2 aliphatic heterocycles. The van der Waals surface area contributed by atoms with Gasteiger partial charge in [0.05, 0.1) is 6.54 Å². The molecule has 1 saturated heterocycles. The molecular weight excluding hydrogens is 248 g/mol. The summed E-state index contributed by atoms with van der Waals surface area (Å²) in [5.41, 5.74) is 0. The van der Waals surface area contributed by atoms with Gasteiger partial charge in [-0.1, -0.05) is 0 Å². The highest BCUT2D eigenvalue weighted by Gasteiger charge is 2.19. The number of hydrogen-bond acceptors (Lipinski definition) is 4. The number of nitrogens with one attached hydrogen (secondary N) is 1. The third-order valence-corrected chi connectivity index (χ3v) is 5.26. The Labute approximate surface area is 110 Å². The van der Waals surface area contributed by atoms with Crippen LogP contribution >= 0.6 is 0 Å². The third kappa shape index (κ3) is 2.64. The highest BCUT2D eigenvalue weighted by Crippen LogP contribution is 2.15. The minimum absolute atomic E-state index is 0.499. The van der Waals surface area contributed by atoms with Crippen LogP contribution in [-0.2, 0) is 30.3 Å². The zero-order valence-electron chi connectivity index (χ0n) is 10.6. The van der Waals surface area contributed by atoms with Crippen molar-refractivity contribution in [1.82, 2.24) is 20.1 Å². The lowest BCUT2D eigenvalue weighted by molar-refractivity contribution is 0.447. The molecule has 6 heteroatoms. The van der Waals surface area contributed by atoms with Crippen LogP contribution in [0.4, 0.5) is 0 Å². The molecule has 0 aliphatic carbocycles. The fourth-order valence-corrected chi connectivity index (χ4v) is 4.03. The van der Waals surface area contributed by atoms with Gasteiger partial charge in [-0.25, -0.2) is 0 Å². The van der Waals surface area contributed by atoms with Crippen molar-refractivity contribution in [3.63, 3.8) is 0 Å². The summed E-state index contributed by atoms with van der Waals surface area (Å²) in [7, 11) is -0.576. The van der Waals surface area contributed by atoms with Gasteiger partial charge in [0, 0.05) is 41.3 Å². The third-order valence-electron chi connectivity index (χ3n) is 3.87.